The number of likely N-dealkylation sites (N-methyl/N-ethyl adjacent to an activating group) is 1. The molecule has 2 aromatic heterocycles. The molecule has 0 unspecified atom stereocenters. The lowest BCUT2D eigenvalue weighted by molar-refractivity contribution is -0.117. The zero-order valence-electron chi connectivity index (χ0n) is 17.0. The van der Waals surface area contributed by atoms with E-state index in [-0.39, 0.29) is 24.9 Å². The Morgan fingerprint density at radius 3 is 2.68 bits per heavy atom. The zero-order chi connectivity index (χ0) is 21.6. The SMILES string of the molecule is CN(CC(=O)Nc1ccccc1C(=O)NCc1ccco1)Cc1nc2ccccc2s1. The van der Waals surface area contributed by atoms with Crippen molar-refractivity contribution in [2.24, 2.45) is 0 Å². The van der Waals surface area contributed by atoms with Gasteiger partial charge in [-0.25, -0.2) is 4.98 Å². The Morgan fingerprint density at radius 1 is 1.06 bits per heavy atom. The van der Waals surface area contributed by atoms with Crippen LogP contribution in [-0.4, -0.2) is 35.3 Å². The third kappa shape index (κ3) is 5.36. The molecule has 0 spiro atoms. The van der Waals surface area contributed by atoms with Gasteiger partial charge in [-0.3, -0.25) is 14.5 Å². The lowest BCUT2D eigenvalue weighted by Gasteiger charge is -2.16. The second-order valence-electron chi connectivity index (χ2n) is 7.10. The second kappa shape index (κ2) is 9.55. The highest BCUT2D eigenvalue weighted by molar-refractivity contribution is 7.18. The van der Waals surface area contributed by atoms with Gasteiger partial charge < -0.3 is 15.1 Å². The first-order valence-corrected chi connectivity index (χ1v) is 10.6. The van der Waals surface area contributed by atoms with Gasteiger partial charge in [0.1, 0.15) is 10.8 Å². The first-order chi connectivity index (χ1) is 15.1. The second-order valence-corrected chi connectivity index (χ2v) is 8.22. The van der Waals surface area contributed by atoms with Gasteiger partial charge in [0.05, 0.1) is 47.4 Å². The molecule has 0 aliphatic heterocycles. The van der Waals surface area contributed by atoms with Crippen LogP contribution in [0.4, 0.5) is 5.69 Å². The molecule has 2 N–H and O–H groups in total. The molecule has 0 fully saturated rings. The molecule has 0 saturated carbocycles. The van der Waals surface area contributed by atoms with Gasteiger partial charge in [-0.15, -0.1) is 11.3 Å². The number of fused-ring (bicyclic) bond motifs is 1. The summed E-state index contributed by atoms with van der Waals surface area (Å²) < 4.78 is 6.36. The molecule has 0 saturated heterocycles. The van der Waals surface area contributed by atoms with E-state index in [9.17, 15) is 9.59 Å². The molecule has 0 bridgehead atoms. The Bertz CT molecular complexity index is 1150. The van der Waals surface area contributed by atoms with E-state index < -0.39 is 0 Å². The van der Waals surface area contributed by atoms with Crippen LogP contribution in [0.15, 0.2) is 71.3 Å². The fourth-order valence-corrected chi connectivity index (χ4v) is 4.22. The Balaban J connectivity index is 1.35. The molecular formula is C23H22N4O3S. The standard InChI is InChI=1S/C23H22N4O3S/c1-27(15-22-26-19-10-4-5-11-20(19)31-22)14-21(28)25-18-9-3-2-8-17(18)23(29)24-13-16-7-6-12-30-16/h2-12H,13-15H2,1H3,(H,24,29)(H,25,28). The molecule has 31 heavy (non-hydrogen) atoms. The number of nitrogens with zero attached hydrogens (tertiary/aromatic N) is 2. The molecule has 2 amide bonds. The maximum Gasteiger partial charge on any atom is 0.253 e. The monoisotopic (exact) mass is 434 g/mol. The van der Waals surface area contributed by atoms with Crippen molar-refractivity contribution in [3.8, 4) is 0 Å². The highest BCUT2D eigenvalue weighted by Gasteiger charge is 2.15. The average Bonchev–Trinajstić information content (AvgIpc) is 3.41. The fraction of sp³-hybridized carbons (Fsp3) is 0.174. The Kier molecular flexibility index (Phi) is 6.40. The number of rotatable bonds is 8. The largest absolute Gasteiger partial charge is 0.467 e. The molecule has 4 aromatic rings. The molecule has 8 heteroatoms. The van der Waals surface area contributed by atoms with E-state index in [0.717, 1.165) is 15.2 Å². The summed E-state index contributed by atoms with van der Waals surface area (Å²) in [6.45, 7) is 1.02. The van der Waals surface area contributed by atoms with Crippen LogP contribution in [0.3, 0.4) is 0 Å². The summed E-state index contributed by atoms with van der Waals surface area (Å²) in [5.41, 5.74) is 1.84. The number of carbonyl (C=O) groups is 2. The van der Waals surface area contributed by atoms with Crippen LogP contribution in [0, 0.1) is 0 Å². The quantitative estimate of drug-likeness (QED) is 0.439. The van der Waals surface area contributed by atoms with Gasteiger partial charge in [0.25, 0.3) is 5.91 Å². The van der Waals surface area contributed by atoms with Crippen LogP contribution in [0.1, 0.15) is 21.1 Å². The van der Waals surface area contributed by atoms with Crippen LogP contribution in [0.25, 0.3) is 10.2 Å². The number of amides is 2. The van der Waals surface area contributed by atoms with E-state index in [1.807, 2.05) is 36.2 Å². The first-order valence-electron chi connectivity index (χ1n) is 9.81. The Hall–Kier alpha value is -3.49. The molecule has 0 aliphatic carbocycles. The number of aromatic nitrogens is 1. The van der Waals surface area contributed by atoms with Crippen LogP contribution in [-0.2, 0) is 17.9 Å². The van der Waals surface area contributed by atoms with Crippen molar-refractivity contribution in [2.45, 2.75) is 13.1 Å². The summed E-state index contributed by atoms with van der Waals surface area (Å²) in [7, 11) is 1.87. The molecule has 158 valence electrons. The van der Waals surface area contributed by atoms with Gasteiger partial charge in [0.2, 0.25) is 5.91 Å². The lowest BCUT2D eigenvalue weighted by atomic mass is 10.1. The smallest absolute Gasteiger partial charge is 0.253 e. The maximum atomic E-state index is 12.6. The Labute approximate surface area is 183 Å². The molecule has 0 atom stereocenters. The van der Waals surface area contributed by atoms with Crippen LogP contribution in [0.2, 0.25) is 0 Å². The number of carbonyl (C=O) groups excluding carboxylic acids is 2. The number of benzene rings is 2. The molecule has 4 rings (SSSR count). The third-order valence-corrected chi connectivity index (χ3v) is 5.63. The number of furan rings is 1. The highest BCUT2D eigenvalue weighted by Crippen LogP contribution is 2.22. The Morgan fingerprint density at radius 2 is 1.87 bits per heavy atom. The minimum Gasteiger partial charge on any atom is -0.467 e. The molecular weight excluding hydrogens is 412 g/mol. The molecule has 0 aliphatic rings. The summed E-state index contributed by atoms with van der Waals surface area (Å²) >= 11 is 1.62. The number of nitrogens with one attached hydrogen (secondary N) is 2. The van der Waals surface area contributed by atoms with Gasteiger partial charge in [-0.05, 0) is 43.4 Å². The van der Waals surface area contributed by atoms with E-state index in [4.69, 9.17) is 4.42 Å². The minimum absolute atomic E-state index is 0.179. The molecule has 7 nitrogen and oxygen atoms in total. The van der Waals surface area contributed by atoms with Gasteiger partial charge in [-0.2, -0.15) is 0 Å². The van der Waals surface area contributed by atoms with Crippen LogP contribution in [0.5, 0.6) is 0 Å². The zero-order valence-corrected chi connectivity index (χ0v) is 17.8. The number of hydrogen-bond donors (Lipinski definition) is 2. The molecule has 2 aromatic carbocycles. The van der Waals surface area contributed by atoms with Gasteiger partial charge in [0.15, 0.2) is 0 Å². The van der Waals surface area contributed by atoms with Crippen molar-refractivity contribution in [1.82, 2.24) is 15.2 Å². The van der Waals surface area contributed by atoms with Crippen molar-refractivity contribution in [1.29, 1.82) is 0 Å². The summed E-state index contributed by atoms with van der Waals surface area (Å²) in [4.78, 5) is 31.7. The van der Waals surface area contributed by atoms with Crippen molar-refractivity contribution >= 4 is 39.1 Å². The topological polar surface area (TPSA) is 87.5 Å². The number of anilines is 1. The third-order valence-electron chi connectivity index (χ3n) is 4.61. The summed E-state index contributed by atoms with van der Waals surface area (Å²) in [5, 5.41) is 6.60. The van der Waals surface area contributed by atoms with Gasteiger partial charge >= 0.3 is 0 Å². The maximum absolute atomic E-state index is 12.6. The van der Waals surface area contributed by atoms with Crippen LogP contribution >= 0.6 is 11.3 Å². The van der Waals surface area contributed by atoms with Crippen molar-refractivity contribution in [3.63, 3.8) is 0 Å². The van der Waals surface area contributed by atoms with E-state index in [2.05, 4.69) is 15.6 Å². The summed E-state index contributed by atoms with van der Waals surface area (Å²) in [6, 6.07) is 18.5. The lowest BCUT2D eigenvalue weighted by Crippen LogP contribution is -2.31. The fourth-order valence-electron chi connectivity index (χ4n) is 3.18. The normalized spacial score (nSPS) is 11.0. The highest BCUT2D eigenvalue weighted by atomic mass is 32.1. The van der Waals surface area contributed by atoms with Crippen molar-refractivity contribution in [2.75, 3.05) is 18.9 Å². The minimum atomic E-state index is -0.282. The number of thiazole rings is 1. The predicted molar refractivity (Wildman–Crippen MR) is 121 cm³/mol. The van der Waals surface area contributed by atoms with E-state index in [0.29, 0.717) is 23.6 Å². The van der Waals surface area contributed by atoms with Crippen molar-refractivity contribution < 1.29 is 14.0 Å². The average molecular weight is 435 g/mol. The van der Waals surface area contributed by atoms with Crippen molar-refractivity contribution in [3.05, 3.63) is 83.3 Å². The van der Waals surface area contributed by atoms with E-state index in [1.54, 1.807) is 54.0 Å². The van der Waals surface area contributed by atoms with E-state index >= 15 is 0 Å². The van der Waals surface area contributed by atoms with Crippen LogP contribution < -0.4 is 10.6 Å². The van der Waals surface area contributed by atoms with E-state index in [1.165, 1.54) is 0 Å². The summed E-state index contributed by atoms with van der Waals surface area (Å²) in [5.74, 6) is 0.177. The van der Waals surface area contributed by atoms with Gasteiger partial charge in [-0.1, -0.05) is 24.3 Å². The number of para-hydroxylation sites is 2. The summed E-state index contributed by atoms with van der Waals surface area (Å²) in [6.07, 6.45) is 1.56. The molecule has 0 radical (unpaired) electrons. The number of hydrogen-bond acceptors (Lipinski definition) is 6. The predicted octanol–water partition coefficient (Wildman–Crippen LogP) is 3.89. The first kappa shape index (κ1) is 20.8. The molecule has 2 heterocycles. The van der Waals surface area contributed by atoms with Gasteiger partial charge in [0, 0.05) is 0 Å².